The summed E-state index contributed by atoms with van der Waals surface area (Å²) in [6.07, 6.45) is 9.39. The van der Waals surface area contributed by atoms with Gasteiger partial charge in [-0.25, -0.2) is 4.98 Å². The summed E-state index contributed by atoms with van der Waals surface area (Å²) in [6.45, 7) is 3.67. The molecule has 7 heteroatoms. The highest BCUT2D eigenvalue weighted by molar-refractivity contribution is 5.64. The molecule has 1 saturated heterocycles. The van der Waals surface area contributed by atoms with Crippen molar-refractivity contribution in [1.82, 2.24) is 24.6 Å². The molecule has 4 heterocycles. The fourth-order valence-electron chi connectivity index (χ4n) is 2.99. The van der Waals surface area contributed by atoms with E-state index in [1.54, 1.807) is 18.6 Å². The van der Waals surface area contributed by atoms with Crippen molar-refractivity contribution in [3.05, 3.63) is 42.7 Å². The Bertz CT molecular complexity index is 803. The minimum absolute atomic E-state index is 0.124. The third-order valence-corrected chi connectivity index (χ3v) is 4.09. The van der Waals surface area contributed by atoms with Crippen LogP contribution in [0.3, 0.4) is 0 Å². The first-order valence-electron chi connectivity index (χ1n) is 7.79. The van der Waals surface area contributed by atoms with Crippen LogP contribution in [0.1, 0.15) is 18.7 Å². The van der Waals surface area contributed by atoms with Crippen LogP contribution >= 0.6 is 0 Å². The maximum atomic E-state index is 6.05. The van der Waals surface area contributed by atoms with Gasteiger partial charge in [0.1, 0.15) is 17.7 Å². The van der Waals surface area contributed by atoms with Gasteiger partial charge in [0.15, 0.2) is 5.82 Å². The Morgan fingerprint density at radius 3 is 3.09 bits per heavy atom. The Balaban J connectivity index is 1.57. The summed E-state index contributed by atoms with van der Waals surface area (Å²) in [6, 6.07) is 3.82. The quantitative estimate of drug-likeness (QED) is 0.736. The topological polar surface area (TPSA) is 68.4 Å². The van der Waals surface area contributed by atoms with Crippen LogP contribution in [0.4, 0.5) is 5.82 Å². The maximum Gasteiger partial charge on any atom is 0.203 e. The number of aryl methyl sites for hydroxylation is 1. The van der Waals surface area contributed by atoms with E-state index in [4.69, 9.17) is 4.74 Å². The number of fused-ring (bicyclic) bond motifs is 1. The number of nitrogens with zero attached hydrogens (tertiary/aromatic N) is 6. The number of piperidine rings is 1. The molecule has 1 atom stereocenters. The molecule has 4 rings (SSSR count). The minimum Gasteiger partial charge on any atom is -0.487 e. The summed E-state index contributed by atoms with van der Waals surface area (Å²) in [5, 5.41) is 8.41. The van der Waals surface area contributed by atoms with Crippen LogP contribution in [-0.2, 0) is 0 Å². The van der Waals surface area contributed by atoms with Crippen molar-refractivity contribution in [3.63, 3.8) is 0 Å². The fourth-order valence-corrected chi connectivity index (χ4v) is 2.99. The van der Waals surface area contributed by atoms with E-state index in [1.165, 1.54) is 0 Å². The van der Waals surface area contributed by atoms with Gasteiger partial charge in [0.2, 0.25) is 5.65 Å². The van der Waals surface area contributed by atoms with E-state index in [2.05, 4.69) is 25.1 Å². The Morgan fingerprint density at radius 2 is 2.22 bits per heavy atom. The molecule has 1 aliphatic rings. The zero-order chi connectivity index (χ0) is 15.6. The van der Waals surface area contributed by atoms with Gasteiger partial charge in [0.05, 0.1) is 12.7 Å². The van der Waals surface area contributed by atoms with Gasteiger partial charge in [0, 0.05) is 25.1 Å². The van der Waals surface area contributed by atoms with Crippen molar-refractivity contribution in [2.45, 2.75) is 25.9 Å². The second kappa shape index (κ2) is 5.83. The van der Waals surface area contributed by atoms with E-state index in [0.29, 0.717) is 0 Å². The average molecular weight is 310 g/mol. The molecule has 0 N–H and O–H groups in total. The van der Waals surface area contributed by atoms with Crippen LogP contribution in [0, 0.1) is 6.92 Å². The van der Waals surface area contributed by atoms with Gasteiger partial charge in [0.25, 0.3) is 0 Å². The van der Waals surface area contributed by atoms with Gasteiger partial charge in [-0.15, -0.1) is 10.2 Å². The van der Waals surface area contributed by atoms with Gasteiger partial charge < -0.3 is 9.64 Å². The number of hydrogen-bond acceptors (Lipinski definition) is 6. The Morgan fingerprint density at radius 1 is 1.26 bits per heavy atom. The van der Waals surface area contributed by atoms with Crippen LogP contribution < -0.4 is 9.64 Å². The molecular weight excluding hydrogens is 292 g/mol. The lowest BCUT2D eigenvalue weighted by Crippen LogP contribution is -2.41. The largest absolute Gasteiger partial charge is 0.487 e. The van der Waals surface area contributed by atoms with Crippen LogP contribution in [0.2, 0.25) is 0 Å². The zero-order valence-corrected chi connectivity index (χ0v) is 13.0. The van der Waals surface area contributed by atoms with Crippen molar-refractivity contribution in [1.29, 1.82) is 0 Å². The number of aromatic nitrogens is 5. The second-order valence-electron chi connectivity index (χ2n) is 5.71. The van der Waals surface area contributed by atoms with Crippen LogP contribution in [0.15, 0.2) is 36.9 Å². The highest BCUT2D eigenvalue weighted by atomic mass is 16.5. The van der Waals surface area contributed by atoms with Crippen molar-refractivity contribution in [3.8, 4) is 5.75 Å². The number of anilines is 1. The summed E-state index contributed by atoms with van der Waals surface area (Å²) in [7, 11) is 0. The van der Waals surface area contributed by atoms with Gasteiger partial charge in [-0.2, -0.15) is 0 Å². The summed E-state index contributed by atoms with van der Waals surface area (Å²) in [5.41, 5.74) is 0.798. The molecule has 0 aromatic carbocycles. The average Bonchev–Trinajstić information content (AvgIpc) is 2.98. The van der Waals surface area contributed by atoms with Gasteiger partial charge in [-0.1, -0.05) is 0 Å². The Labute approximate surface area is 134 Å². The molecule has 0 radical (unpaired) electrons. The van der Waals surface area contributed by atoms with Gasteiger partial charge in [-0.3, -0.25) is 9.38 Å². The minimum atomic E-state index is 0.124. The first-order chi connectivity index (χ1) is 11.3. The lowest BCUT2D eigenvalue weighted by atomic mass is 10.1. The smallest absolute Gasteiger partial charge is 0.203 e. The first-order valence-corrected chi connectivity index (χ1v) is 7.79. The van der Waals surface area contributed by atoms with Crippen LogP contribution in [-0.4, -0.2) is 43.8 Å². The van der Waals surface area contributed by atoms with E-state index < -0.39 is 0 Å². The summed E-state index contributed by atoms with van der Waals surface area (Å²) in [5.74, 6) is 2.54. The third kappa shape index (κ3) is 2.69. The predicted molar refractivity (Wildman–Crippen MR) is 85.6 cm³/mol. The van der Waals surface area contributed by atoms with Crippen molar-refractivity contribution in [2.75, 3.05) is 18.0 Å². The van der Waals surface area contributed by atoms with E-state index in [1.807, 2.05) is 29.7 Å². The lowest BCUT2D eigenvalue weighted by molar-refractivity contribution is 0.178. The van der Waals surface area contributed by atoms with E-state index in [0.717, 1.165) is 49.0 Å². The number of hydrogen-bond donors (Lipinski definition) is 0. The molecule has 3 aromatic heterocycles. The number of rotatable bonds is 3. The van der Waals surface area contributed by atoms with E-state index >= 15 is 0 Å². The molecule has 0 spiro atoms. The van der Waals surface area contributed by atoms with E-state index in [9.17, 15) is 0 Å². The molecule has 0 amide bonds. The number of pyridine rings is 1. The molecule has 1 unspecified atom stereocenters. The highest BCUT2D eigenvalue weighted by Crippen LogP contribution is 2.24. The normalized spacial score (nSPS) is 18.3. The van der Waals surface area contributed by atoms with Crippen LogP contribution in [0.5, 0.6) is 5.75 Å². The molecule has 23 heavy (non-hydrogen) atoms. The zero-order valence-electron chi connectivity index (χ0n) is 13.0. The van der Waals surface area contributed by atoms with E-state index in [-0.39, 0.29) is 6.10 Å². The van der Waals surface area contributed by atoms with Crippen molar-refractivity contribution in [2.24, 2.45) is 0 Å². The molecular formula is C16H18N6O. The van der Waals surface area contributed by atoms with Crippen LogP contribution in [0.25, 0.3) is 5.65 Å². The molecule has 0 bridgehead atoms. The molecule has 7 nitrogen and oxygen atoms in total. The first kappa shape index (κ1) is 13.9. The molecule has 1 fully saturated rings. The predicted octanol–water partition coefficient (Wildman–Crippen LogP) is 1.88. The fraction of sp³-hybridized carbons (Fsp3) is 0.375. The monoisotopic (exact) mass is 310 g/mol. The lowest BCUT2D eigenvalue weighted by Gasteiger charge is -2.33. The van der Waals surface area contributed by atoms with Gasteiger partial charge >= 0.3 is 0 Å². The maximum absolute atomic E-state index is 6.05. The Kier molecular flexibility index (Phi) is 3.53. The molecule has 1 aliphatic heterocycles. The second-order valence-corrected chi connectivity index (χ2v) is 5.71. The summed E-state index contributed by atoms with van der Waals surface area (Å²) >= 11 is 0. The highest BCUT2D eigenvalue weighted by Gasteiger charge is 2.24. The van der Waals surface area contributed by atoms with Gasteiger partial charge in [-0.05, 0) is 31.9 Å². The molecule has 0 saturated carbocycles. The molecule has 0 aliphatic carbocycles. The standard InChI is InChI=1S/C16H18N6O/c1-12-19-20-16-15(18-7-9-22(12)16)21-8-3-5-14(11-21)23-13-4-2-6-17-10-13/h2,4,6-7,9-10,14H,3,5,8,11H2,1H3. The molecule has 3 aromatic rings. The molecule has 118 valence electrons. The van der Waals surface area contributed by atoms with Crippen molar-refractivity contribution < 1.29 is 4.74 Å². The number of ether oxygens (including phenoxy) is 1. The van der Waals surface area contributed by atoms with Crippen molar-refractivity contribution >= 4 is 11.5 Å². The third-order valence-electron chi connectivity index (χ3n) is 4.09. The summed E-state index contributed by atoms with van der Waals surface area (Å²) < 4.78 is 8.02. The Hall–Kier alpha value is -2.70. The SMILES string of the molecule is Cc1nnc2c(N3CCCC(Oc4cccnc4)C3)nccn12. The summed E-state index contributed by atoms with van der Waals surface area (Å²) in [4.78, 5) is 10.8.